The molecule has 0 unspecified atom stereocenters. The largest absolute Gasteiger partial charge is 0.293 e. The van der Waals surface area contributed by atoms with E-state index in [1.807, 2.05) is 60.7 Å². The molecule has 166 valence electrons. The molecule has 2 aromatic rings. The second-order valence-electron chi connectivity index (χ2n) is 6.92. The molecule has 8 nitrogen and oxygen atoms in total. The van der Waals surface area contributed by atoms with Gasteiger partial charge < -0.3 is 0 Å². The van der Waals surface area contributed by atoms with Gasteiger partial charge in [-0.15, -0.1) is 0 Å². The van der Waals surface area contributed by atoms with Gasteiger partial charge in [0.25, 0.3) is 0 Å². The number of hydrogen-bond donors (Lipinski definition) is 2. The van der Waals surface area contributed by atoms with Crippen molar-refractivity contribution < 1.29 is 9.59 Å². The number of para-hydroxylation sites is 2. The van der Waals surface area contributed by atoms with Crippen LogP contribution in [0.2, 0.25) is 0 Å². The van der Waals surface area contributed by atoms with Crippen molar-refractivity contribution in [3.05, 3.63) is 60.7 Å². The van der Waals surface area contributed by atoms with Crippen molar-refractivity contribution in [2.45, 2.75) is 27.7 Å². The molecule has 0 radical (unpaired) electrons. The summed E-state index contributed by atoms with van der Waals surface area (Å²) in [4.78, 5) is 32.7. The Hall–Kier alpha value is -3.94. The highest BCUT2D eigenvalue weighted by Crippen LogP contribution is 2.06. The molecule has 0 heterocycles. The molecule has 32 heavy (non-hydrogen) atoms. The van der Waals surface area contributed by atoms with Crippen molar-refractivity contribution in [1.29, 1.82) is 0 Å². The molecular formula is C24H28N6O2. The second-order valence-corrected chi connectivity index (χ2v) is 6.92. The van der Waals surface area contributed by atoms with Crippen molar-refractivity contribution in [2.75, 3.05) is 23.9 Å². The van der Waals surface area contributed by atoms with Gasteiger partial charge in [0.05, 0.1) is 35.9 Å². The number of nitrogens with one attached hydrogen (secondary N) is 2. The Morgan fingerprint density at radius 2 is 0.969 bits per heavy atom. The number of carbonyl (C=O) groups excluding carboxylic acids is 2. The number of carbonyl (C=O) groups is 2. The maximum atomic E-state index is 12.0. The number of benzene rings is 2. The third kappa shape index (κ3) is 8.06. The zero-order valence-corrected chi connectivity index (χ0v) is 18.8. The molecule has 2 rings (SSSR count). The number of ketones is 2. The molecular weight excluding hydrogens is 404 g/mol. The highest BCUT2D eigenvalue weighted by molar-refractivity contribution is 6.67. The normalized spacial score (nSPS) is 13.0. The number of nitrogens with zero attached hydrogens (tertiary/aromatic N) is 4. The average molecular weight is 433 g/mol. The van der Waals surface area contributed by atoms with E-state index in [1.165, 1.54) is 13.8 Å². The highest BCUT2D eigenvalue weighted by atomic mass is 16.1. The van der Waals surface area contributed by atoms with Crippen LogP contribution in [0.25, 0.3) is 0 Å². The molecule has 0 aliphatic heterocycles. The van der Waals surface area contributed by atoms with Crippen LogP contribution >= 0.6 is 0 Å². The van der Waals surface area contributed by atoms with Crippen LogP contribution in [0.4, 0.5) is 11.4 Å². The number of hydrogen-bond acceptors (Lipinski definition) is 8. The number of hydrazone groups is 2. The Morgan fingerprint density at radius 3 is 1.28 bits per heavy atom. The lowest BCUT2D eigenvalue weighted by Crippen LogP contribution is -2.22. The lowest BCUT2D eigenvalue weighted by molar-refractivity contribution is -0.111. The van der Waals surface area contributed by atoms with Gasteiger partial charge in [0.15, 0.2) is 11.6 Å². The average Bonchev–Trinajstić information content (AvgIpc) is 2.78. The van der Waals surface area contributed by atoms with E-state index >= 15 is 0 Å². The summed E-state index contributed by atoms with van der Waals surface area (Å²) < 4.78 is 0. The minimum Gasteiger partial charge on any atom is -0.293 e. The van der Waals surface area contributed by atoms with Crippen LogP contribution in [-0.4, -0.2) is 47.5 Å². The van der Waals surface area contributed by atoms with Gasteiger partial charge in [0.1, 0.15) is 11.4 Å². The lowest BCUT2D eigenvalue weighted by atomic mass is 10.2. The lowest BCUT2D eigenvalue weighted by Gasteiger charge is -2.06. The molecule has 0 fully saturated rings. The van der Waals surface area contributed by atoms with Crippen LogP contribution in [-0.2, 0) is 9.59 Å². The first kappa shape index (κ1) is 24.3. The zero-order valence-electron chi connectivity index (χ0n) is 18.8. The standard InChI is InChI=1S/C24H28N6O2/c1-17(23(19(3)31)29-27-21-11-7-5-8-12-21)25-15-16-26-18(2)24(20(4)32)30-28-22-13-9-6-10-14-22/h5-14,27-28H,15-16H2,1-4H3. The first-order chi connectivity index (χ1) is 15.4. The number of rotatable bonds is 11. The molecule has 0 aliphatic rings. The summed E-state index contributed by atoms with van der Waals surface area (Å²) in [6, 6.07) is 18.7. The van der Waals surface area contributed by atoms with Gasteiger partial charge in [0.2, 0.25) is 0 Å². The van der Waals surface area contributed by atoms with Crippen molar-refractivity contribution in [2.24, 2.45) is 20.2 Å². The summed E-state index contributed by atoms with van der Waals surface area (Å²) >= 11 is 0. The summed E-state index contributed by atoms with van der Waals surface area (Å²) in [6.45, 7) is 7.05. The molecule has 0 aliphatic carbocycles. The van der Waals surface area contributed by atoms with E-state index in [4.69, 9.17) is 0 Å². The third-order valence-electron chi connectivity index (χ3n) is 4.29. The molecule has 0 amide bonds. The molecule has 0 atom stereocenters. The Bertz CT molecular complexity index is 955. The Balaban J connectivity index is 2.01. The van der Waals surface area contributed by atoms with Crippen LogP contribution in [0, 0.1) is 0 Å². The maximum absolute atomic E-state index is 12.0. The van der Waals surface area contributed by atoms with Crippen molar-refractivity contribution in [3.8, 4) is 0 Å². The molecule has 2 N–H and O–H groups in total. The van der Waals surface area contributed by atoms with Gasteiger partial charge in [-0.2, -0.15) is 10.2 Å². The third-order valence-corrected chi connectivity index (χ3v) is 4.29. The fourth-order valence-corrected chi connectivity index (χ4v) is 2.68. The van der Waals surface area contributed by atoms with Crippen LogP contribution in [0.1, 0.15) is 27.7 Å². The van der Waals surface area contributed by atoms with Crippen LogP contribution < -0.4 is 10.9 Å². The van der Waals surface area contributed by atoms with Crippen molar-refractivity contribution in [1.82, 2.24) is 0 Å². The number of aliphatic imine (C=N–C) groups is 2. The van der Waals surface area contributed by atoms with Crippen LogP contribution in [0.3, 0.4) is 0 Å². The van der Waals surface area contributed by atoms with Gasteiger partial charge in [0, 0.05) is 13.8 Å². The topological polar surface area (TPSA) is 108 Å². The van der Waals surface area contributed by atoms with Gasteiger partial charge in [-0.25, -0.2) is 0 Å². The Labute approximate surface area is 188 Å². The van der Waals surface area contributed by atoms with E-state index in [2.05, 4.69) is 31.0 Å². The minimum absolute atomic E-state index is 0.188. The number of anilines is 2. The highest BCUT2D eigenvalue weighted by Gasteiger charge is 2.11. The smallest absolute Gasteiger partial charge is 0.181 e. The molecule has 8 heteroatoms. The molecule has 0 saturated carbocycles. The molecule has 0 spiro atoms. The van der Waals surface area contributed by atoms with E-state index in [9.17, 15) is 9.59 Å². The van der Waals surface area contributed by atoms with Crippen molar-refractivity contribution in [3.63, 3.8) is 0 Å². The zero-order chi connectivity index (χ0) is 23.3. The first-order valence-corrected chi connectivity index (χ1v) is 10.2. The maximum Gasteiger partial charge on any atom is 0.181 e. The molecule has 2 aromatic carbocycles. The number of Topliss-reactive ketones (excluding diaryl/α,β-unsaturated/α-hetero) is 2. The summed E-state index contributed by atoms with van der Waals surface area (Å²) in [7, 11) is 0. The van der Waals surface area contributed by atoms with Crippen molar-refractivity contribution >= 4 is 45.8 Å². The predicted molar refractivity (Wildman–Crippen MR) is 132 cm³/mol. The minimum atomic E-state index is -0.188. The molecule has 0 bridgehead atoms. The van der Waals surface area contributed by atoms with Crippen LogP contribution in [0.15, 0.2) is 80.9 Å². The first-order valence-electron chi connectivity index (χ1n) is 10.2. The summed E-state index contributed by atoms with van der Waals surface area (Å²) in [5.74, 6) is -0.375. The Morgan fingerprint density at radius 1 is 0.625 bits per heavy atom. The predicted octanol–water partition coefficient (Wildman–Crippen LogP) is 4.02. The second kappa shape index (κ2) is 12.7. The Kier molecular flexibility index (Phi) is 9.65. The van der Waals surface area contributed by atoms with E-state index in [-0.39, 0.29) is 23.0 Å². The van der Waals surface area contributed by atoms with Crippen LogP contribution in [0.5, 0.6) is 0 Å². The summed E-state index contributed by atoms with van der Waals surface area (Å²) in [5, 5.41) is 8.38. The molecule has 0 saturated heterocycles. The fourth-order valence-electron chi connectivity index (χ4n) is 2.68. The summed E-state index contributed by atoms with van der Waals surface area (Å²) in [6.07, 6.45) is 0. The SMILES string of the molecule is CC(=O)C(=NNc1ccccc1)C(C)=NCCN=C(C)C(=NNc1ccccc1)C(C)=O. The van der Waals surface area contributed by atoms with E-state index in [0.717, 1.165) is 11.4 Å². The van der Waals surface area contributed by atoms with E-state index in [1.54, 1.807) is 13.8 Å². The van der Waals surface area contributed by atoms with Gasteiger partial charge in [-0.1, -0.05) is 36.4 Å². The van der Waals surface area contributed by atoms with Gasteiger partial charge in [-0.3, -0.25) is 30.4 Å². The van der Waals surface area contributed by atoms with Gasteiger partial charge in [-0.05, 0) is 38.1 Å². The van der Waals surface area contributed by atoms with Gasteiger partial charge >= 0.3 is 0 Å². The molecule has 0 aromatic heterocycles. The van der Waals surface area contributed by atoms with E-state index < -0.39 is 0 Å². The van der Waals surface area contributed by atoms with E-state index in [0.29, 0.717) is 24.5 Å². The summed E-state index contributed by atoms with van der Waals surface area (Å²) in [5.41, 5.74) is 8.83. The fraction of sp³-hybridized carbons (Fsp3) is 0.250. The quantitative estimate of drug-likeness (QED) is 0.318. The monoisotopic (exact) mass is 432 g/mol.